The molecule has 0 aliphatic heterocycles. The summed E-state index contributed by atoms with van der Waals surface area (Å²) in [5.74, 6) is -0.704. The minimum absolute atomic E-state index is 0.0556. The summed E-state index contributed by atoms with van der Waals surface area (Å²) in [6, 6.07) is 4.11. The van der Waals surface area contributed by atoms with Crippen molar-refractivity contribution >= 4 is 43.2 Å². The van der Waals surface area contributed by atoms with Crippen LogP contribution < -0.4 is 4.72 Å². The smallest absolute Gasteiger partial charge is 0.282 e. The van der Waals surface area contributed by atoms with Gasteiger partial charge in [0.1, 0.15) is 11.0 Å². The van der Waals surface area contributed by atoms with E-state index in [4.69, 9.17) is 11.6 Å². The molecule has 2 aromatic rings. The Morgan fingerprint density at radius 1 is 1.47 bits per heavy atom. The van der Waals surface area contributed by atoms with Crippen LogP contribution in [0.1, 0.15) is 0 Å². The Morgan fingerprint density at radius 3 is 2.68 bits per heavy atom. The van der Waals surface area contributed by atoms with Crippen LogP contribution in [-0.2, 0) is 17.1 Å². The fourth-order valence-corrected chi connectivity index (χ4v) is 3.45. The molecule has 0 amide bonds. The molecule has 0 spiro atoms. The van der Waals surface area contributed by atoms with E-state index >= 15 is 0 Å². The third-order valence-electron chi connectivity index (χ3n) is 2.29. The number of nitrogens with zero attached hydrogens (tertiary/aromatic N) is 2. The fourth-order valence-electron chi connectivity index (χ4n) is 1.35. The molecule has 19 heavy (non-hydrogen) atoms. The lowest BCUT2D eigenvalue weighted by atomic mass is 10.3. The van der Waals surface area contributed by atoms with Crippen LogP contribution in [0.2, 0.25) is 5.15 Å². The number of para-hydroxylation sites is 1. The highest BCUT2D eigenvalue weighted by Gasteiger charge is 2.24. The number of sulfonamides is 1. The Kier molecular flexibility index (Phi) is 3.84. The van der Waals surface area contributed by atoms with E-state index in [1.54, 1.807) is 7.05 Å². The molecule has 0 aliphatic rings. The highest BCUT2D eigenvalue weighted by molar-refractivity contribution is 9.10. The quantitative estimate of drug-likeness (QED) is 0.906. The van der Waals surface area contributed by atoms with E-state index in [1.165, 1.54) is 23.0 Å². The van der Waals surface area contributed by atoms with Gasteiger partial charge in [0.25, 0.3) is 10.0 Å². The lowest BCUT2D eigenvalue weighted by molar-refractivity contribution is 0.595. The van der Waals surface area contributed by atoms with Crippen molar-refractivity contribution in [1.29, 1.82) is 0 Å². The Labute approximate surface area is 122 Å². The molecule has 1 aromatic carbocycles. The molecule has 0 aliphatic carbocycles. The number of benzene rings is 1. The summed E-state index contributed by atoms with van der Waals surface area (Å²) >= 11 is 8.89. The van der Waals surface area contributed by atoms with Gasteiger partial charge in [0.2, 0.25) is 5.03 Å². The molecule has 0 saturated heterocycles. The minimum atomic E-state index is -4.05. The van der Waals surface area contributed by atoms with E-state index in [0.717, 1.165) is 6.07 Å². The second kappa shape index (κ2) is 5.10. The van der Waals surface area contributed by atoms with Crippen molar-refractivity contribution in [1.82, 2.24) is 9.55 Å². The van der Waals surface area contributed by atoms with Crippen molar-refractivity contribution in [2.75, 3.05) is 4.72 Å². The van der Waals surface area contributed by atoms with Gasteiger partial charge < -0.3 is 4.57 Å². The van der Waals surface area contributed by atoms with Crippen molar-refractivity contribution in [2.24, 2.45) is 7.05 Å². The predicted molar refractivity (Wildman–Crippen MR) is 73.1 cm³/mol. The molecule has 0 atom stereocenters. The summed E-state index contributed by atoms with van der Waals surface area (Å²) < 4.78 is 41.5. The van der Waals surface area contributed by atoms with Crippen molar-refractivity contribution in [2.45, 2.75) is 5.03 Å². The van der Waals surface area contributed by atoms with Crippen LogP contribution >= 0.6 is 27.5 Å². The van der Waals surface area contributed by atoms with Gasteiger partial charge in [-0.1, -0.05) is 17.7 Å². The number of imidazole rings is 1. The summed E-state index contributed by atoms with van der Waals surface area (Å²) in [4.78, 5) is 3.69. The normalized spacial score (nSPS) is 11.6. The summed E-state index contributed by atoms with van der Waals surface area (Å²) in [5.41, 5.74) is -0.191. The van der Waals surface area contributed by atoms with Crippen molar-refractivity contribution in [3.05, 3.63) is 40.0 Å². The Morgan fingerprint density at radius 2 is 2.16 bits per heavy atom. The number of halogens is 3. The fraction of sp³-hybridized carbons (Fsp3) is 0.100. The summed E-state index contributed by atoms with van der Waals surface area (Å²) in [7, 11) is -2.50. The summed E-state index contributed by atoms with van der Waals surface area (Å²) in [6.45, 7) is 0. The number of anilines is 1. The zero-order valence-corrected chi connectivity index (χ0v) is 12.7. The lowest BCUT2D eigenvalue weighted by Crippen LogP contribution is -2.15. The number of rotatable bonds is 3. The van der Waals surface area contributed by atoms with Gasteiger partial charge in [-0.15, -0.1) is 0 Å². The van der Waals surface area contributed by atoms with Crippen LogP contribution in [0.3, 0.4) is 0 Å². The van der Waals surface area contributed by atoms with Crippen LogP contribution in [-0.4, -0.2) is 18.0 Å². The standard InChI is InChI=1S/C10H8BrClFN3O2S/c1-16-5-14-10(9(16)12)19(17,18)15-8-6(11)3-2-4-7(8)13/h2-5,15H,1H3. The van der Waals surface area contributed by atoms with Gasteiger partial charge in [-0.3, -0.25) is 4.72 Å². The zero-order chi connectivity index (χ0) is 14.2. The van der Waals surface area contributed by atoms with E-state index in [2.05, 4.69) is 25.6 Å². The van der Waals surface area contributed by atoms with Crippen molar-refractivity contribution in [3.8, 4) is 0 Å². The van der Waals surface area contributed by atoms with Gasteiger partial charge in [0, 0.05) is 11.5 Å². The molecule has 1 N–H and O–H groups in total. The van der Waals surface area contributed by atoms with E-state index < -0.39 is 15.8 Å². The predicted octanol–water partition coefficient (Wildman–Crippen LogP) is 2.78. The van der Waals surface area contributed by atoms with Gasteiger partial charge in [-0.05, 0) is 28.1 Å². The second-order valence-electron chi connectivity index (χ2n) is 3.65. The lowest BCUT2D eigenvalue weighted by Gasteiger charge is -2.09. The van der Waals surface area contributed by atoms with Gasteiger partial charge >= 0.3 is 0 Å². The number of aromatic nitrogens is 2. The van der Waals surface area contributed by atoms with Gasteiger partial charge in [-0.2, -0.15) is 8.42 Å². The van der Waals surface area contributed by atoms with Gasteiger partial charge in [-0.25, -0.2) is 9.37 Å². The van der Waals surface area contributed by atoms with E-state index in [9.17, 15) is 12.8 Å². The second-order valence-corrected chi connectivity index (χ2v) is 6.46. The van der Waals surface area contributed by atoms with Crippen molar-refractivity contribution < 1.29 is 12.8 Å². The van der Waals surface area contributed by atoms with E-state index in [-0.39, 0.29) is 20.3 Å². The molecule has 5 nitrogen and oxygen atoms in total. The molecule has 0 bridgehead atoms. The van der Waals surface area contributed by atoms with Crippen LogP contribution in [0.5, 0.6) is 0 Å². The van der Waals surface area contributed by atoms with Crippen LogP contribution in [0.25, 0.3) is 0 Å². The SMILES string of the molecule is Cn1cnc(S(=O)(=O)Nc2c(F)cccc2Br)c1Cl. The zero-order valence-electron chi connectivity index (χ0n) is 9.56. The molecule has 1 heterocycles. The molecule has 2 rings (SSSR count). The maximum absolute atomic E-state index is 13.6. The first kappa shape index (κ1) is 14.3. The van der Waals surface area contributed by atoms with Gasteiger partial charge in [0.05, 0.1) is 12.0 Å². The molecule has 0 unspecified atom stereocenters. The summed E-state index contributed by atoms with van der Waals surface area (Å²) in [6.07, 6.45) is 1.26. The molecule has 1 aromatic heterocycles. The van der Waals surface area contributed by atoms with Gasteiger partial charge in [0.15, 0.2) is 0 Å². The Bertz CT molecular complexity index is 712. The first-order chi connectivity index (χ1) is 8.83. The first-order valence-electron chi connectivity index (χ1n) is 4.96. The largest absolute Gasteiger partial charge is 0.324 e. The van der Waals surface area contributed by atoms with Crippen LogP contribution in [0.4, 0.5) is 10.1 Å². The highest BCUT2D eigenvalue weighted by atomic mass is 79.9. The Balaban J connectivity index is 2.46. The minimum Gasteiger partial charge on any atom is -0.324 e. The maximum Gasteiger partial charge on any atom is 0.282 e. The van der Waals surface area contributed by atoms with Crippen molar-refractivity contribution in [3.63, 3.8) is 0 Å². The number of hydrogen-bond donors (Lipinski definition) is 1. The highest BCUT2D eigenvalue weighted by Crippen LogP contribution is 2.28. The molecular weight excluding hydrogens is 361 g/mol. The topological polar surface area (TPSA) is 64.0 Å². The first-order valence-corrected chi connectivity index (χ1v) is 7.62. The average Bonchev–Trinajstić information content (AvgIpc) is 2.66. The van der Waals surface area contributed by atoms with E-state index in [1.807, 2.05) is 0 Å². The maximum atomic E-state index is 13.6. The monoisotopic (exact) mass is 367 g/mol. The number of nitrogens with one attached hydrogen (secondary N) is 1. The number of aryl methyl sites for hydroxylation is 1. The third-order valence-corrected chi connectivity index (χ3v) is 4.79. The average molecular weight is 369 g/mol. The summed E-state index contributed by atoms with van der Waals surface area (Å²) in [5, 5.41) is -0.410. The van der Waals surface area contributed by atoms with E-state index in [0.29, 0.717) is 0 Å². The molecule has 0 saturated carbocycles. The molecule has 0 radical (unpaired) electrons. The van der Waals surface area contributed by atoms with Crippen LogP contribution in [0, 0.1) is 5.82 Å². The molecular formula is C10H8BrClFN3O2S. The molecule has 9 heteroatoms. The number of hydrogen-bond acceptors (Lipinski definition) is 3. The molecule has 0 fully saturated rings. The Hall–Kier alpha value is -1.12. The van der Waals surface area contributed by atoms with Crippen LogP contribution in [0.15, 0.2) is 34.0 Å². The third kappa shape index (κ3) is 2.75. The molecule has 102 valence electrons.